The van der Waals surface area contributed by atoms with Gasteiger partial charge in [-0.2, -0.15) is 18.3 Å². The Hall–Kier alpha value is -3.51. The molecular formula is C28H30ClF3N6O3. The molecule has 0 bridgehead atoms. The van der Waals surface area contributed by atoms with Gasteiger partial charge in [-0.3, -0.25) is 24.2 Å². The number of halogens is 4. The normalized spacial score (nSPS) is 20.1. The molecule has 4 heterocycles. The Morgan fingerprint density at radius 2 is 1.85 bits per heavy atom. The van der Waals surface area contributed by atoms with Crippen molar-refractivity contribution in [3.05, 3.63) is 75.1 Å². The summed E-state index contributed by atoms with van der Waals surface area (Å²) in [5, 5.41) is 14.4. The summed E-state index contributed by atoms with van der Waals surface area (Å²) < 4.78 is 42.0. The van der Waals surface area contributed by atoms with E-state index in [-0.39, 0.29) is 30.1 Å². The van der Waals surface area contributed by atoms with Gasteiger partial charge < -0.3 is 14.9 Å². The lowest BCUT2D eigenvalue weighted by molar-refractivity contribution is -0.137. The van der Waals surface area contributed by atoms with Crippen molar-refractivity contribution < 1.29 is 27.9 Å². The zero-order valence-corrected chi connectivity index (χ0v) is 24.0. The maximum atomic E-state index is 13.9. The lowest BCUT2D eigenvalue weighted by atomic mass is 9.96. The Balaban J connectivity index is 1.45. The van der Waals surface area contributed by atoms with Crippen molar-refractivity contribution in [1.82, 2.24) is 29.5 Å². The van der Waals surface area contributed by atoms with Crippen molar-refractivity contribution in [3.8, 4) is 0 Å². The van der Waals surface area contributed by atoms with Crippen LogP contribution in [-0.4, -0.2) is 59.1 Å². The maximum Gasteiger partial charge on any atom is 0.417 e. The second-order valence-electron chi connectivity index (χ2n) is 11.3. The zero-order valence-electron chi connectivity index (χ0n) is 23.2. The van der Waals surface area contributed by atoms with Crippen molar-refractivity contribution >= 4 is 23.4 Å². The van der Waals surface area contributed by atoms with Gasteiger partial charge in [-0.1, -0.05) is 11.6 Å². The van der Waals surface area contributed by atoms with E-state index in [1.165, 1.54) is 17.2 Å². The van der Waals surface area contributed by atoms with Gasteiger partial charge in [0, 0.05) is 30.1 Å². The van der Waals surface area contributed by atoms with Crippen molar-refractivity contribution in [2.24, 2.45) is 0 Å². The lowest BCUT2D eigenvalue weighted by Crippen LogP contribution is -2.45. The van der Waals surface area contributed by atoms with E-state index in [9.17, 15) is 27.9 Å². The number of aromatic nitrogens is 4. The molecule has 1 N–H and O–H groups in total. The van der Waals surface area contributed by atoms with Gasteiger partial charge in [0.15, 0.2) is 0 Å². The van der Waals surface area contributed by atoms with Gasteiger partial charge in [-0.15, -0.1) is 0 Å². The van der Waals surface area contributed by atoms with Crippen LogP contribution in [0.4, 0.5) is 13.2 Å². The molecule has 2 aliphatic heterocycles. The molecular weight excluding hydrogens is 561 g/mol. The molecule has 218 valence electrons. The Morgan fingerprint density at radius 3 is 2.46 bits per heavy atom. The number of aliphatic hydroxyl groups is 1. The first-order valence-electron chi connectivity index (χ1n) is 13.2. The fraction of sp³-hybridized carbons (Fsp3) is 0.464. The molecule has 2 aromatic heterocycles. The number of amides is 2. The van der Waals surface area contributed by atoms with Gasteiger partial charge in [-0.25, -0.2) is 0 Å². The summed E-state index contributed by atoms with van der Waals surface area (Å²) in [6.45, 7) is 9.19. The van der Waals surface area contributed by atoms with Crippen LogP contribution in [0.15, 0.2) is 30.6 Å². The molecule has 0 spiro atoms. The maximum absolute atomic E-state index is 13.9. The van der Waals surface area contributed by atoms with E-state index in [0.29, 0.717) is 41.3 Å². The summed E-state index contributed by atoms with van der Waals surface area (Å²) in [6.07, 6.45) is -1.33. The minimum Gasteiger partial charge on any atom is -0.384 e. The van der Waals surface area contributed by atoms with E-state index in [4.69, 9.17) is 16.7 Å². The predicted octanol–water partition coefficient (Wildman–Crippen LogP) is 4.94. The lowest BCUT2D eigenvalue weighted by Gasteiger charge is -2.37. The fourth-order valence-corrected chi connectivity index (χ4v) is 5.59. The molecule has 0 saturated carbocycles. The molecule has 41 heavy (non-hydrogen) atoms. The number of benzene rings is 1. The molecule has 9 nitrogen and oxygen atoms in total. The van der Waals surface area contributed by atoms with Gasteiger partial charge in [0.05, 0.1) is 58.7 Å². The highest BCUT2D eigenvalue weighted by molar-refractivity contribution is 6.31. The van der Waals surface area contributed by atoms with Gasteiger partial charge in [0.2, 0.25) is 0 Å². The number of hydrogen-bond acceptors (Lipinski definition) is 6. The Morgan fingerprint density at radius 1 is 1.15 bits per heavy atom. The van der Waals surface area contributed by atoms with Gasteiger partial charge in [0.1, 0.15) is 11.3 Å². The molecule has 1 aromatic carbocycles. The summed E-state index contributed by atoms with van der Waals surface area (Å²) in [6, 6.07) is 2.13. The number of rotatable bonds is 4. The second kappa shape index (κ2) is 10.1. The van der Waals surface area contributed by atoms with Gasteiger partial charge >= 0.3 is 6.18 Å². The fourth-order valence-electron chi connectivity index (χ4n) is 5.37. The molecule has 5 rings (SSSR count). The second-order valence-corrected chi connectivity index (χ2v) is 11.7. The molecule has 2 aliphatic rings. The topological polar surface area (TPSA) is 104 Å². The minimum absolute atomic E-state index is 0.0232. The number of carbonyl (C=O) groups excluding carboxylic acids is 2. The smallest absolute Gasteiger partial charge is 0.384 e. The third kappa shape index (κ3) is 5.19. The first kappa shape index (κ1) is 29.0. The van der Waals surface area contributed by atoms with E-state index in [1.54, 1.807) is 36.5 Å². The molecule has 0 radical (unpaired) electrons. The third-order valence-corrected chi connectivity index (χ3v) is 8.09. The SMILES string of the molecule is C[C@@H]1Cc2nn3c(c2CN1C(=O)c1ccc(Cl)c(C(F)(F)F)c1)C(=O)N([C@H](C)c1cnc(C(C)(C)O)cn1)C[C@H]3C. The zero-order chi connectivity index (χ0) is 30.0. The minimum atomic E-state index is -4.71. The Kier molecular flexibility index (Phi) is 7.14. The van der Waals surface area contributed by atoms with Crippen LogP contribution in [0, 0.1) is 0 Å². The van der Waals surface area contributed by atoms with Crippen LogP contribution in [0.25, 0.3) is 0 Å². The average Bonchev–Trinajstić information content (AvgIpc) is 3.27. The summed E-state index contributed by atoms with van der Waals surface area (Å²) >= 11 is 5.75. The van der Waals surface area contributed by atoms with Crippen LogP contribution in [0.2, 0.25) is 5.02 Å². The van der Waals surface area contributed by atoms with E-state index in [2.05, 4.69) is 9.97 Å². The van der Waals surface area contributed by atoms with Crippen molar-refractivity contribution in [3.63, 3.8) is 0 Å². The molecule has 0 saturated heterocycles. The molecule has 3 aromatic rings. The number of hydrogen-bond donors (Lipinski definition) is 1. The largest absolute Gasteiger partial charge is 0.417 e. The van der Waals surface area contributed by atoms with Crippen LogP contribution >= 0.6 is 11.6 Å². The number of carbonyl (C=O) groups is 2. The number of alkyl halides is 3. The highest BCUT2D eigenvalue weighted by atomic mass is 35.5. The van der Waals surface area contributed by atoms with Gasteiger partial charge in [-0.05, 0) is 52.8 Å². The highest BCUT2D eigenvalue weighted by Gasteiger charge is 2.41. The first-order valence-corrected chi connectivity index (χ1v) is 13.6. The standard InChI is InChI=1S/C28H30ClF3N6O3/c1-14-8-21-18(13-36(14)25(39)17-6-7-20(29)19(9-17)28(30,31)32)24-26(40)37(12-15(2)38(24)35-21)16(3)22-10-34-23(11-33-22)27(4,5)41/h6-7,9-11,14-16,41H,8,12-13H2,1-5H3/t14-,15-,16-/m1/s1. The summed E-state index contributed by atoms with van der Waals surface area (Å²) in [7, 11) is 0. The van der Waals surface area contributed by atoms with E-state index >= 15 is 0 Å². The van der Waals surface area contributed by atoms with Crippen LogP contribution < -0.4 is 0 Å². The molecule has 0 fully saturated rings. The molecule has 13 heteroatoms. The van der Waals surface area contributed by atoms with Gasteiger partial charge in [0.25, 0.3) is 11.8 Å². The Bertz CT molecular complexity index is 1520. The summed E-state index contributed by atoms with van der Waals surface area (Å²) in [4.78, 5) is 39.3. The van der Waals surface area contributed by atoms with Crippen molar-refractivity contribution in [2.75, 3.05) is 6.54 Å². The highest BCUT2D eigenvalue weighted by Crippen LogP contribution is 2.37. The molecule has 0 aliphatic carbocycles. The van der Waals surface area contributed by atoms with Crippen LogP contribution in [-0.2, 0) is 24.7 Å². The van der Waals surface area contributed by atoms with Crippen LogP contribution in [0.5, 0.6) is 0 Å². The third-order valence-electron chi connectivity index (χ3n) is 7.76. The monoisotopic (exact) mass is 590 g/mol. The average molecular weight is 591 g/mol. The van der Waals surface area contributed by atoms with E-state index in [1.807, 2.05) is 13.8 Å². The van der Waals surface area contributed by atoms with Crippen molar-refractivity contribution in [1.29, 1.82) is 0 Å². The predicted molar refractivity (Wildman–Crippen MR) is 143 cm³/mol. The summed E-state index contributed by atoms with van der Waals surface area (Å²) in [5.74, 6) is -0.875. The molecule has 2 amide bonds. The number of nitrogens with zero attached hydrogens (tertiary/aromatic N) is 6. The van der Waals surface area contributed by atoms with E-state index in [0.717, 1.165) is 12.1 Å². The first-order chi connectivity index (χ1) is 19.1. The molecule has 0 unspecified atom stereocenters. The number of fused-ring (bicyclic) bond motifs is 3. The van der Waals surface area contributed by atoms with Crippen molar-refractivity contribution in [2.45, 2.75) is 77.5 Å². The quantitative estimate of drug-likeness (QED) is 0.462. The van der Waals surface area contributed by atoms with Crippen LogP contribution in [0.3, 0.4) is 0 Å². The Labute approximate surface area is 239 Å². The van der Waals surface area contributed by atoms with E-state index < -0.39 is 34.3 Å². The summed E-state index contributed by atoms with van der Waals surface area (Å²) in [5.41, 5.74) is 0.202. The van der Waals surface area contributed by atoms with Crippen LogP contribution in [0.1, 0.15) is 95.8 Å². The molecule has 3 atom stereocenters.